The van der Waals surface area contributed by atoms with Crippen molar-refractivity contribution in [1.29, 1.82) is 0 Å². The summed E-state index contributed by atoms with van der Waals surface area (Å²) in [6.45, 7) is 5.12. The molecule has 1 N–H and O–H groups in total. The highest BCUT2D eigenvalue weighted by molar-refractivity contribution is 6.00. The number of hydrogen-bond donors (Lipinski definition) is 1. The second kappa shape index (κ2) is 9.18. The number of rotatable bonds is 3. The molecule has 0 aliphatic carbocycles. The average molecular weight is 515 g/mol. The van der Waals surface area contributed by atoms with Crippen LogP contribution in [0, 0.1) is 13.8 Å². The van der Waals surface area contributed by atoms with E-state index in [1.807, 2.05) is 44.4 Å². The third-order valence-electron chi connectivity index (χ3n) is 6.91. The normalized spacial score (nSPS) is 12.5. The van der Waals surface area contributed by atoms with Gasteiger partial charge in [-0.3, -0.25) is 14.6 Å². The Bertz CT molecular complexity index is 1790. The van der Waals surface area contributed by atoms with Crippen LogP contribution in [0.5, 0.6) is 0 Å². The lowest BCUT2D eigenvalue weighted by atomic mass is 9.93. The molecule has 0 bridgehead atoms. The van der Waals surface area contributed by atoms with Crippen LogP contribution in [0.4, 0.5) is 0 Å². The van der Waals surface area contributed by atoms with Gasteiger partial charge < -0.3 is 18.9 Å². The van der Waals surface area contributed by atoms with Gasteiger partial charge in [0.2, 0.25) is 0 Å². The number of halogens is 1. The molecule has 37 heavy (non-hydrogen) atoms. The largest absolute Gasteiger partial charge is 0.372 e. The van der Waals surface area contributed by atoms with Crippen molar-refractivity contribution in [3.8, 4) is 33.5 Å². The molecule has 5 aromatic rings. The zero-order valence-corrected chi connectivity index (χ0v) is 21.9. The van der Waals surface area contributed by atoms with E-state index in [9.17, 15) is 9.59 Å². The van der Waals surface area contributed by atoms with E-state index >= 15 is 0 Å². The fourth-order valence-corrected chi connectivity index (χ4v) is 5.12. The standard InChI is InChI=1S/C29H26N4O3.ClH/c1-16-7-20(8-17(2)30-16)26-10-23-25(13-33(4)29(35)28(23)31-26)22-11-27(34)32(3)12-24(22)18-5-6-19-14-36-15-21(19)9-18;/h5-13,31H,14-15H2,1-4H3;1H. The van der Waals surface area contributed by atoms with Crippen molar-refractivity contribution in [2.24, 2.45) is 14.1 Å². The van der Waals surface area contributed by atoms with Crippen molar-refractivity contribution >= 4 is 23.3 Å². The maximum absolute atomic E-state index is 13.1. The highest BCUT2D eigenvalue weighted by Gasteiger charge is 2.19. The maximum Gasteiger partial charge on any atom is 0.274 e. The lowest BCUT2D eigenvalue weighted by Gasteiger charge is -2.14. The first-order valence-corrected chi connectivity index (χ1v) is 11.9. The van der Waals surface area contributed by atoms with Gasteiger partial charge in [0.25, 0.3) is 11.1 Å². The van der Waals surface area contributed by atoms with Gasteiger partial charge >= 0.3 is 0 Å². The van der Waals surface area contributed by atoms with E-state index in [1.165, 1.54) is 5.56 Å². The summed E-state index contributed by atoms with van der Waals surface area (Å²) < 4.78 is 8.77. The number of ether oxygens (including phenoxy) is 1. The zero-order valence-electron chi connectivity index (χ0n) is 21.1. The molecule has 1 aliphatic heterocycles. The van der Waals surface area contributed by atoms with Crippen LogP contribution >= 0.6 is 12.4 Å². The van der Waals surface area contributed by atoms with Gasteiger partial charge in [-0.15, -0.1) is 12.4 Å². The minimum Gasteiger partial charge on any atom is -0.372 e. The Balaban J connectivity index is 0.00000280. The number of nitrogens with one attached hydrogen (secondary N) is 1. The number of aromatic nitrogens is 4. The molecule has 7 nitrogen and oxygen atoms in total. The second-order valence-corrected chi connectivity index (χ2v) is 9.60. The number of fused-ring (bicyclic) bond motifs is 2. The Kier molecular flexibility index (Phi) is 6.14. The molecule has 0 saturated heterocycles. The molecule has 6 rings (SSSR count). The van der Waals surface area contributed by atoms with Gasteiger partial charge in [-0.25, -0.2) is 0 Å². The van der Waals surface area contributed by atoms with Crippen molar-refractivity contribution in [1.82, 2.24) is 19.1 Å². The van der Waals surface area contributed by atoms with Crippen molar-refractivity contribution < 1.29 is 4.74 Å². The molecule has 5 heterocycles. The number of pyridine rings is 3. The Labute approximate surface area is 219 Å². The van der Waals surface area contributed by atoms with Crippen LogP contribution in [0.15, 0.2) is 64.4 Å². The zero-order chi connectivity index (χ0) is 25.1. The summed E-state index contributed by atoms with van der Waals surface area (Å²) in [5.41, 5.74) is 9.76. The third-order valence-corrected chi connectivity index (χ3v) is 6.91. The summed E-state index contributed by atoms with van der Waals surface area (Å²) in [5.74, 6) is 0. The summed E-state index contributed by atoms with van der Waals surface area (Å²) in [4.78, 5) is 33.8. The van der Waals surface area contributed by atoms with Crippen molar-refractivity contribution in [3.63, 3.8) is 0 Å². The van der Waals surface area contributed by atoms with Crippen molar-refractivity contribution in [2.45, 2.75) is 27.1 Å². The van der Waals surface area contributed by atoms with E-state index in [0.29, 0.717) is 18.7 Å². The molecule has 0 amide bonds. The first-order chi connectivity index (χ1) is 17.3. The quantitative estimate of drug-likeness (QED) is 0.366. The molecule has 0 spiro atoms. The molecule has 0 radical (unpaired) electrons. The van der Waals surface area contributed by atoms with Gasteiger partial charge in [0, 0.05) is 71.7 Å². The number of aryl methyl sites for hydroxylation is 4. The van der Waals surface area contributed by atoms with Gasteiger partial charge in [0.1, 0.15) is 5.52 Å². The number of nitrogens with zero attached hydrogens (tertiary/aromatic N) is 3. The molecule has 0 atom stereocenters. The van der Waals surface area contributed by atoms with Crippen molar-refractivity contribution in [2.75, 3.05) is 0 Å². The SMILES string of the molecule is Cc1cc(-c2cc3c(-c4cc(=O)n(C)cc4-c4ccc5c(c4)COC5)cn(C)c(=O)c3[nH]2)cc(C)n1.Cl. The molecule has 1 aliphatic rings. The minimum atomic E-state index is -0.123. The lowest BCUT2D eigenvalue weighted by molar-refractivity contribution is 0.134. The van der Waals surface area contributed by atoms with Crippen LogP contribution < -0.4 is 11.1 Å². The van der Waals surface area contributed by atoms with E-state index in [0.717, 1.165) is 55.8 Å². The molecule has 0 unspecified atom stereocenters. The second-order valence-electron chi connectivity index (χ2n) is 9.60. The highest BCUT2D eigenvalue weighted by atomic mass is 35.5. The molecule has 0 saturated carbocycles. The Hall–Kier alpha value is -3.94. The van der Waals surface area contributed by atoms with Crippen LogP contribution in [-0.4, -0.2) is 19.1 Å². The number of benzene rings is 1. The highest BCUT2D eigenvalue weighted by Crippen LogP contribution is 2.37. The van der Waals surface area contributed by atoms with E-state index < -0.39 is 0 Å². The predicted molar refractivity (Wildman–Crippen MR) is 148 cm³/mol. The summed E-state index contributed by atoms with van der Waals surface area (Å²) >= 11 is 0. The van der Waals surface area contributed by atoms with Crippen LogP contribution in [0.25, 0.3) is 44.4 Å². The molecule has 1 aromatic carbocycles. The van der Waals surface area contributed by atoms with Crippen LogP contribution in [0.1, 0.15) is 22.5 Å². The smallest absolute Gasteiger partial charge is 0.274 e. The predicted octanol–water partition coefficient (Wildman–Crippen LogP) is 5.03. The first-order valence-electron chi connectivity index (χ1n) is 11.9. The monoisotopic (exact) mass is 514 g/mol. The maximum atomic E-state index is 13.1. The number of hydrogen-bond acceptors (Lipinski definition) is 4. The van der Waals surface area contributed by atoms with E-state index in [2.05, 4.69) is 28.2 Å². The average Bonchev–Trinajstić information content (AvgIpc) is 3.49. The number of aromatic amines is 1. The Morgan fingerprint density at radius 3 is 2.27 bits per heavy atom. The minimum absolute atomic E-state index is 0. The van der Waals surface area contributed by atoms with Crippen LogP contribution in [0.3, 0.4) is 0 Å². The van der Waals surface area contributed by atoms with Gasteiger partial charge in [0.05, 0.1) is 13.2 Å². The van der Waals surface area contributed by atoms with Gasteiger partial charge in [-0.2, -0.15) is 0 Å². The Morgan fingerprint density at radius 2 is 1.51 bits per heavy atom. The number of H-pyrrole nitrogens is 1. The lowest BCUT2D eigenvalue weighted by Crippen LogP contribution is -2.18. The summed E-state index contributed by atoms with van der Waals surface area (Å²) in [6.07, 6.45) is 3.69. The fourth-order valence-electron chi connectivity index (χ4n) is 5.12. The summed E-state index contributed by atoms with van der Waals surface area (Å²) in [6, 6.07) is 13.9. The molecule has 8 heteroatoms. The van der Waals surface area contributed by atoms with Gasteiger partial charge in [-0.05, 0) is 60.4 Å². The van der Waals surface area contributed by atoms with Gasteiger partial charge in [-0.1, -0.05) is 12.1 Å². The molecule has 4 aromatic heterocycles. The molecule has 188 valence electrons. The molecular formula is C29H27ClN4O3. The van der Waals surface area contributed by atoms with Crippen LogP contribution in [0.2, 0.25) is 0 Å². The summed E-state index contributed by atoms with van der Waals surface area (Å²) in [5, 5.41) is 0.777. The van der Waals surface area contributed by atoms with E-state index in [1.54, 1.807) is 29.3 Å². The van der Waals surface area contributed by atoms with Crippen LogP contribution in [-0.2, 0) is 32.0 Å². The third kappa shape index (κ3) is 4.20. The fraction of sp³-hybridized carbons (Fsp3) is 0.207. The Morgan fingerprint density at radius 1 is 0.811 bits per heavy atom. The molecule has 0 fully saturated rings. The van der Waals surface area contributed by atoms with Crippen molar-refractivity contribution in [3.05, 3.63) is 98.1 Å². The summed E-state index contributed by atoms with van der Waals surface area (Å²) in [7, 11) is 3.49. The van der Waals surface area contributed by atoms with Gasteiger partial charge in [0.15, 0.2) is 0 Å². The topological polar surface area (TPSA) is 81.9 Å². The molecular weight excluding hydrogens is 488 g/mol. The van der Waals surface area contributed by atoms with E-state index in [4.69, 9.17) is 4.74 Å². The van der Waals surface area contributed by atoms with E-state index in [-0.39, 0.29) is 23.5 Å². The first kappa shape index (κ1) is 24.7.